The summed E-state index contributed by atoms with van der Waals surface area (Å²) < 4.78 is 0. The summed E-state index contributed by atoms with van der Waals surface area (Å²) in [6.07, 6.45) is 1.24. The first-order chi connectivity index (χ1) is 9.60. The van der Waals surface area contributed by atoms with Gasteiger partial charge in [0.1, 0.15) is 0 Å². The summed E-state index contributed by atoms with van der Waals surface area (Å²) >= 11 is 5.79. The van der Waals surface area contributed by atoms with Gasteiger partial charge in [-0.3, -0.25) is 10.2 Å². The van der Waals surface area contributed by atoms with E-state index in [1.54, 1.807) is 29.2 Å². The minimum Gasteiger partial charge on any atom is -0.324 e. The van der Waals surface area contributed by atoms with Gasteiger partial charge in [0, 0.05) is 29.7 Å². The zero-order valence-corrected chi connectivity index (χ0v) is 11.7. The van der Waals surface area contributed by atoms with E-state index in [-0.39, 0.29) is 17.9 Å². The Morgan fingerprint density at radius 1 is 1.20 bits per heavy atom. The maximum atomic E-state index is 12.1. The summed E-state index contributed by atoms with van der Waals surface area (Å²) in [6.45, 7) is 1.08. The second kappa shape index (κ2) is 6.58. The maximum Gasteiger partial charge on any atom is 0.321 e. The number of anilines is 1. The Morgan fingerprint density at radius 3 is 2.35 bits per heavy atom. The number of nitrogens with zero attached hydrogens (tertiary/aromatic N) is 1. The van der Waals surface area contributed by atoms with E-state index in [4.69, 9.17) is 17.4 Å². The number of nitrogens with two attached hydrogens (primary N) is 1. The number of nitrogens with one attached hydrogen (secondary N) is 2. The largest absolute Gasteiger partial charge is 0.324 e. The lowest BCUT2D eigenvalue weighted by Crippen LogP contribution is -2.45. The molecule has 0 radical (unpaired) electrons. The molecule has 1 aromatic carbocycles. The van der Waals surface area contributed by atoms with Crippen molar-refractivity contribution in [1.82, 2.24) is 10.3 Å². The summed E-state index contributed by atoms with van der Waals surface area (Å²) in [5.41, 5.74) is 2.85. The fraction of sp³-hybridized carbons (Fsp3) is 0.385. The van der Waals surface area contributed by atoms with Gasteiger partial charge >= 0.3 is 6.03 Å². The second-order valence-corrected chi connectivity index (χ2v) is 5.14. The smallest absolute Gasteiger partial charge is 0.321 e. The number of benzene rings is 1. The van der Waals surface area contributed by atoms with Crippen molar-refractivity contribution in [1.29, 1.82) is 0 Å². The number of carbonyl (C=O) groups is 2. The molecule has 2 rings (SSSR count). The van der Waals surface area contributed by atoms with Gasteiger partial charge in [0.15, 0.2) is 0 Å². The van der Waals surface area contributed by atoms with Crippen molar-refractivity contribution in [2.75, 3.05) is 18.4 Å². The number of rotatable bonds is 2. The number of urea groups is 1. The number of hydrazine groups is 1. The number of hydrogen-bond donors (Lipinski definition) is 3. The average molecular weight is 297 g/mol. The molecule has 3 amide bonds. The molecule has 0 atom stereocenters. The molecule has 1 saturated heterocycles. The summed E-state index contributed by atoms with van der Waals surface area (Å²) in [6, 6.07) is 6.76. The Balaban J connectivity index is 1.85. The number of likely N-dealkylation sites (tertiary alicyclic amines) is 1. The number of carbonyl (C=O) groups excluding carboxylic acids is 2. The average Bonchev–Trinajstić information content (AvgIpc) is 2.49. The van der Waals surface area contributed by atoms with Crippen LogP contribution in [0.3, 0.4) is 0 Å². The summed E-state index contributed by atoms with van der Waals surface area (Å²) in [4.78, 5) is 25.1. The molecule has 0 saturated carbocycles. The predicted octanol–water partition coefficient (Wildman–Crippen LogP) is 1.57. The van der Waals surface area contributed by atoms with E-state index in [0.29, 0.717) is 36.6 Å². The lowest BCUT2D eigenvalue weighted by atomic mass is 9.96. The normalized spacial score (nSPS) is 15.8. The molecule has 1 aliphatic rings. The van der Waals surface area contributed by atoms with Crippen LogP contribution >= 0.6 is 11.6 Å². The predicted molar refractivity (Wildman–Crippen MR) is 77.1 cm³/mol. The van der Waals surface area contributed by atoms with E-state index in [2.05, 4.69) is 10.7 Å². The Bertz CT molecular complexity index is 484. The lowest BCUT2D eigenvalue weighted by molar-refractivity contribution is -0.126. The van der Waals surface area contributed by atoms with Crippen LogP contribution in [0.25, 0.3) is 0 Å². The second-order valence-electron chi connectivity index (χ2n) is 4.71. The van der Waals surface area contributed by atoms with Crippen LogP contribution in [0.1, 0.15) is 12.8 Å². The van der Waals surface area contributed by atoms with Gasteiger partial charge in [-0.1, -0.05) is 11.6 Å². The van der Waals surface area contributed by atoms with Crippen LogP contribution in [0.15, 0.2) is 24.3 Å². The van der Waals surface area contributed by atoms with Crippen LogP contribution in [-0.2, 0) is 4.79 Å². The molecule has 0 bridgehead atoms. The van der Waals surface area contributed by atoms with Gasteiger partial charge in [-0.15, -0.1) is 0 Å². The zero-order valence-electron chi connectivity index (χ0n) is 10.9. The quantitative estimate of drug-likeness (QED) is 0.440. The molecular formula is C13H17ClN4O2. The van der Waals surface area contributed by atoms with Crippen LogP contribution in [0.4, 0.5) is 10.5 Å². The molecule has 20 heavy (non-hydrogen) atoms. The van der Waals surface area contributed by atoms with E-state index in [0.717, 1.165) is 0 Å². The van der Waals surface area contributed by atoms with Gasteiger partial charge in [0.25, 0.3) is 0 Å². The molecule has 1 fully saturated rings. The third-order valence-corrected chi connectivity index (χ3v) is 3.64. The molecule has 0 aromatic heterocycles. The highest BCUT2D eigenvalue weighted by Gasteiger charge is 2.26. The van der Waals surface area contributed by atoms with Crippen LogP contribution in [0.5, 0.6) is 0 Å². The van der Waals surface area contributed by atoms with Crippen LogP contribution in [0.2, 0.25) is 5.02 Å². The van der Waals surface area contributed by atoms with E-state index in [9.17, 15) is 9.59 Å². The fourth-order valence-corrected chi connectivity index (χ4v) is 2.32. The number of amides is 3. The van der Waals surface area contributed by atoms with Crippen LogP contribution in [0, 0.1) is 5.92 Å². The highest BCUT2D eigenvalue weighted by atomic mass is 35.5. The molecule has 0 aliphatic carbocycles. The molecular weight excluding hydrogens is 280 g/mol. The molecule has 1 heterocycles. The molecule has 0 unspecified atom stereocenters. The van der Waals surface area contributed by atoms with Gasteiger partial charge in [-0.05, 0) is 37.1 Å². The molecule has 0 spiro atoms. The standard InChI is InChI=1S/C13H17ClN4O2/c14-10-1-3-11(4-2-10)16-13(20)18-7-5-9(6-8-18)12(19)17-15/h1-4,9H,5-8,15H2,(H,16,20)(H,17,19). The molecule has 7 heteroatoms. The minimum absolute atomic E-state index is 0.111. The van der Waals surface area contributed by atoms with Gasteiger partial charge in [0.05, 0.1) is 0 Å². The van der Waals surface area contributed by atoms with Crippen molar-refractivity contribution in [2.24, 2.45) is 11.8 Å². The first-order valence-electron chi connectivity index (χ1n) is 6.42. The number of piperidine rings is 1. The van der Waals surface area contributed by atoms with Crippen molar-refractivity contribution < 1.29 is 9.59 Å². The van der Waals surface area contributed by atoms with Gasteiger partial charge in [0.2, 0.25) is 5.91 Å². The summed E-state index contributed by atoms with van der Waals surface area (Å²) in [7, 11) is 0. The lowest BCUT2D eigenvalue weighted by Gasteiger charge is -2.31. The summed E-state index contributed by atoms with van der Waals surface area (Å²) in [5, 5.41) is 3.42. The first-order valence-corrected chi connectivity index (χ1v) is 6.80. The first kappa shape index (κ1) is 14.6. The zero-order chi connectivity index (χ0) is 14.5. The van der Waals surface area contributed by atoms with Crippen molar-refractivity contribution >= 4 is 29.2 Å². The highest BCUT2D eigenvalue weighted by Crippen LogP contribution is 2.19. The third-order valence-electron chi connectivity index (χ3n) is 3.39. The Labute approximate surface area is 122 Å². The molecule has 4 N–H and O–H groups in total. The third kappa shape index (κ3) is 3.61. The van der Waals surface area contributed by atoms with E-state index < -0.39 is 0 Å². The van der Waals surface area contributed by atoms with Gasteiger partial charge in [-0.25, -0.2) is 10.6 Å². The van der Waals surface area contributed by atoms with Gasteiger partial charge in [-0.2, -0.15) is 0 Å². The Kier molecular flexibility index (Phi) is 4.81. The van der Waals surface area contributed by atoms with Crippen molar-refractivity contribution in [2.45, 2.75) is 12.8 Å². The van der Waals surface area contributed by atoms with Crippen LogP contribution < -0.4 is 16.6 Å². The van der Waals surface area contributed by atoms with Crippen molar-refractivity contribution in [3.8, 4) is 0 Å². The molecule has 1 aliphatic heterocycles. The SMILES string of the molecule is NNC(=O)C1CCN(C(=O)Nc2ccc(Cl)cc2)CC1. The van der Waals surface area contributed by atoms with Crippen molar-refractivity contribution in [3.63, 3.8) is 0 Å². The Morgan fingerprint density at radius 2 is 1.80 bits per heavy atom. The van der Waals surface area contributed by atoms with E-state index in [1.807, 2.05) is 0 Å². The number of halogens is 1. The van der Waals surface area contributed by atoms with E-state index in [1.165, 1.54) is 0 Å². The van der Waals surface area contributed by atoms with Crippen LogP contribution in [-0.4, -0.2) is 29.9 Å². The minimum atomic E-state index is -0.168. The summed E-state index contributed by atoms with van der Waals surface area (Å²) in [5.74, 6) is 4.83. The maximum absolute atomic E-state index is 12.1. The van der Waals surface area contributed by atoms with E-state index >= 15 is 0 Å². The Hall–Kier alpha value is -1.79. The number of hydrogen-bond acceptors (Lipinski definition) is 3. The highest BCUT2D eigenvalue weighted by molar-refractivity contribution is 6.30. The monoisotopic (exact) mass is 296 g/mol. The van der Waals surface area contributed by atoms with Crippen molar-refractivity contribution in [3.05, 3.63) is 29.3 Å². The molecule has 108 valence electrons. The topological polar surface area (TPSA) is 87.5 Å². The molecule has 6 nitrogen and oxygen atoms in total. The molecule has 1 aromatic rings. The fourth-order valence-electron chi connectivity index (χ4n) is 2.20. The van der Waals surface area contributed by atoms with Gasteiger partial charge < -0.3 is 10.2 Å².